The Morgan fingerprint density at radius 2 is 1.88 bits per heavy atom. The number of nitrogens with one attached hydrogen (secondary N) is 1. The molecule has 0 spiro atoms. The number of carbonyl (C=O) groups is 2. The maximum Gasteiger partial charge on any atom is 0.307 e. The number of benzene rings is 2. The normalized spacial score (nSPS) is 11.6. The molecule has 2 rings (SSSR count). The first-order chi connectivity index (χ1) is 11.5. The highest BCUT2D eigenvalue weighted by atomic mass is 16.5. The second-order valence-corrected chi connectivity index (χ2v) is 5.59. The van der Waals surface area contributed by atoms with Gasteiger partial charge < -0.3 is 15.2 Å². The molecule has 2 aromatic rings. The summed E-state index contributed by atoms with van der Waals surface area (Å²) in [6.07, 6.45) is 0.938. The molecule has 0 heterocycles. The van der Waals surface area contributed by atoms with Gasteiger partial charge in [-0.05, 0) is 49.2 Å². The van der Waals surface area contributed by atoms with Crippen molar-refractivity contribution in [1.82, 2.24) is 0 Å². The Morgan fingerprint density at radius 1 is 1.17 bits per heavy atom. The van der Waals surface area contributed by atoms with Crippen LogP contribution in [0.1, 0.15) is 36.2 Å². The Labute approximate surface area is 141 Å². The number of rotatable bonds is 7. The highest BCUT2D eigenvalue weighted by Gasteiger charge is 2.09. The van der Waals surface area contributed by atoms with Crippen molar-refractivity contribution in [3.8, 4) is 5.75 Å². The van der Waals surface area contributed by atoms with Crippen LogP contribution in [0.25, 0.3) is 0 Å². The lowest BCUT2D eigenvalue weighted by atomic mass is 10.1. The van der Waals surface area contributed by atoms with Crippen LogP contribution in [0.15, 0.2) is 48.5 Å². The van der Waals surface area contributed by atoms with Crippen molar-refractivity contribution in [3.63, 3.8) is 0 Å². The van der Waals surface area contributed by atoms with Crippen LogP contribution in [0, 0.1) is 0 Å². The van der Waals surface area contributed by atoms with Crippen molar-refractivity contribution in [1.29, 1.82) is 0 Å². The first kappa shape index (κ1) is 17.5. The molecule has 0 bridgehead atoms. The van der Waals surface area contributed by atoms with Crippen molar-refractivity contribution in [3.05, 3.63) is 59.7 Å². The van der Waals surface area contributed by atoms with Crippen molar-refractivity contribution < 1.29 is 19.4 Å². The summed E-state index contributed by atoms with van der Waals surface area (Å²) in [4.78, 5) is 23.0. The molecule has 1 atom stereocenters. The van der Waals surface area contributed by atoms with E-state index in [1.54, 1.807) is 42.5 Å². The molecule has 1 amide bonds. The molecule has 5 heteroatoms. The summed E-state index contributed by atoms with van der Waals surface area (Å²) in [6, 6.07) is 13.8. The van der Waals surface area contributed by atoms with Gasteiger partial charge in [0.05, 0.1) is 12.5 Å². The zero-order valence-corrected chi connectivity index (χ0v) is 13.8. The van der Waals surface area contributed by atoms with Gasteiger partial charge in [-0.25, -0.2) is 0 Å². The van der Waals surface area contributed by atoms with Crippen LogP contribution in [-0.2, 0) is 11.2 Å². The second kappa shape index (κ2) is 8.15. The number of amides is 1. The number of carboxylic acids is 1. The summed E-state index contributed by atoms with van der Waals surface area (Å²) in [5, 5.41) is 11.5. The topological polar surface area (TPSA) is 75.6 Å². The predicted octanol–water partition coefficient (Wildman–Crippen LogP) is 3.74. The third-order valence-corrected chi connectivity index (χ3v) is 3.58. The van der Waals surface area contributed by atoms with E-state index in [4.69, 9.17) is 9.84 Å². The lowest BCUT2D eigenvalue weighted by molar-refractivity contribution is -0.136. The van der Waals surface area contributed by atoms with Gasteiger partial charge in [-0.2, -0.15) is 0 Å². The minimum absolute atomic E-state index is 0.0385. The quantitative estimate of drug-likeness (QED) is 0.812. The summed E-state index contributed by atoms with van der Waals surface area (Å²) in [5.41, 5.74) is 1.80. The predicted molar refractivity (Wildman–Crippen MR) is 92.6 cm³/mol. The van der Waals surface area contributed by atoms with Crippen molar-refractivity contribution in [2.75, 3.05) is 5.32 Å². The van der Waals surface area contributed by atoms with Crippen molar-refractivity contribution in [2.45, 2.75) is 32.8 Å². The maximum atomic E-state index is 12.3. The van der Waals surface area contributed by atoms with E-state index < -0.39 is 5.97 Å². The average Bonchev–Trinajstić information content (AvgIpc) is 2.56. The molecule has 0 unspecified atom stereocenters. The molecular formula is C19H21NO4. The fourth-order valence-electron chi connectivity index (χ4n) is 2.11. The monoisotopic (exact) mass is 327 g/mol. The van der Waals surface area contributed by atoms with Gasteiger partial charge in [0.1, 0.15) is 5.75 Å². The van der Waals surface area contributed by atoms with Gasteiger partial charge in [0, 0.05) is 11.3 Å². The second-order valence-electron chi connectivity index (χ2n) is 5.59. The Balaban J connectivity index is 2.04. The molecule has 5 nitrogen and oxygen atoms in total. The Hall–Kier alpha value is -2.82. The smallest absolute Gasteiger partial charge is 0.307 e. The largest absolute Gasteiger partial charge is 0.491 e. The zero-order chi connectivity index (χ0) is 17.5. The SMILES string of the molecule is CC[C@@H](C)Oc1cccc(C(=O)Nc2ccc(CC(=O)O)cc2)c1. The van der Waals surface area contributed by atoms with Crippen LogP contribution < -0.4 is 10.1 Å². The van der Waals surface area contributed by atoms with E-state index in [1.807, 2.05) is 19.9 Å². The Morgan fingerprint density at radius 3 is 2.50 bits per heavy atom. The van der Waals surface area contributed by atoms with E-state index in [0.717, 1.165) is 6.42 Å². The highest BCUT2D eigenvalue weighted by Crippen LogP contribution is 2.18. The van der Waals surface area contributed by atoms with Gasteiger partial charge in [-0.15, -0.1) is 0 Å². The van der Waals surface area contributed by atoms with Gasteiger partial charge in [-0.3, -0.25) is 9.59 Å². The maximum absolute atomic E-state index is 12.3. The third-order valence-electron chi connectivity index (χ3n) is 3.58. The van der Waals surface area contributed by atoms with E-state index in [-0.39, 0.29) is 18.4 Å². The summed E-state index contributed by atoms with van der Waals surface area (Å²) in [7, 11) is 0. The summed E-state index contributed by atoms with van der Waals surface area (Å²) < 4.78 is 5.72. The first-order valence-corrected chi connectivity index (χ1v) is 7.86. The fraction of sp³-hybridized carbons (Fsp3) is 0.263. The number of aliphatic carboxylic acids is 1. The number of ether oxygens (including phenoxy) is 1. The van der Waals surface area contributed by atoms with Crippen LogP contribution in [-0.4, -0.2) is 23.1 Å². The zero-order valence-electron chi connectivity index (χ0n) is 13.8. The summed E-state index contributed by atoms with van der Waals surface area (Å²) in [5.74, 6) is -0.464. The van der Waals surface area contributed by atoms with Gasteiger partial charge in [0.2, 0.25) is 0 Å². The van der Waals surface area contributed by atoms with Crippen LogP contribution >= 0.6 is 0 Å². The number of hydrogen-bond donors (Lipinski definition) is 2. The van der Waals surface area contributed by atoms with Crippen molar-refractivity contribution >= 4 is 17.6 Å². The van der Waals surface area contributed by atoms with Crippen LogP contribution in [0.2, 0.25) is 0 Å². The average molecular weight is 327 g/mol. The Bertz CT molecular complexity index is 710. The number of carbonyl (C=O) groups excluding carboxylic acids is 1. The molecule has 0 radical (unpaired) electrons. The number of hydrogen-bond acceptors (Lipinski definition) is 3. The third kappa shape index (κ3) is 5.12. The standard InChI is InChI=1S/C19H21NO4/c1-3-13(2)24-17-6-4-5-15(12-17)19(23)20-16-9-7-14(8-10-16)11-18(21)22/h4-10,12-13H,3,11H2,1-2H3,(H,20,23)(H,21,22)/t13-/m1/s1. The van der Waals surface area contributed by atoms with Crippen LogP contribution in [0.5, 0.6) is 5.75 Å². The van der Waals surface area contributed by atoms with Crippen LogP contribution in [0.3, 0.4) is 0 Å². The van der Waals surface area contributed by atoms with Crippen LogP contribution in [0.4, 0.5) is 5.69 Å². The lowest BCUT2D eigenvalue weighted by Gasteiger charge is -2.13. The van der Waals surface area contributed by atoms with Gasteiger partial charge >= 0.3 is 5.97 Å². The number of carboxylic acid groups (broad SMARTS) is 1. The van der Waals surface area contributed by atoms with Gasteiger partial charge in [-0.1, -0.05) is 25.1 Å². The molecule has 0 fully saturated rings. The molecule has 0 saturated heterocycles. The molecule has 2 N–H and O–H groups in total. The minimum atomic E-state index is -0.884. The molecule has 24 heavy (non-hydrogen) atoms. The van der Waals surface area contributed by atoms with E-state index >= 15 is 0 Å². The molecule has 126 valence electrons. The van der Waals surface area contributed by atoms with Crippen molar-refractivity contribution in [2.24, 2.45) is 0 Å². The highest BCUT2D eigenvalue weighted by molar-refractivity contribution is 6.04. The van der Waals surface area contributed by atoms with Gasteiger partial charge in [0.25, 0.3) is 5.91 Å². The molecule has 0 saturated carbocycles. The molecule has 2 aromatic carbocycles. The van der Waals surface area contributed by atoms with E-state index in [0.29, 0.717) is 22.6 Å². The minimum Gasteiger partial charge on any atom is -0.491 e. The van der Waals surface area contributed by atoms with E-state index in [1.165, 1.54) is 0 Å². The van der Waals surface area contributed by atoms with E-state index in [9.17, 15) is 9.59 Å². The van der Waals surface area contributed by atoms with Gasteiger partial charge in [0.15, 0.2) is 0 Å². The molecular weight excluding hydrogens is 306 g/mol. The molecule has 0 aliphatic heterocycles. The fourth-order valence-corrected chi connectivity index (χ4v) is 2.11. The summed E-state index contributed by atoms with van der Waals surface area (Å²) in [6.45, 7) is 4.01. The lowest BCUT2D eigenvalue weighted by Crippen LogP contribution is -2.13. The molecule has 0 aliphatic carbocycles. The summed E-state index contributed by atoms with van der Waals surface area (Å²) >= 11 is 0. The number of anilines is 1. The molecule has 0 aliphatic rings. The van der Waals surface area contributed by atoms with E-state index in [2.05, 4.69) is 5.32 Å². The first-order valence-electron chi connectivity index (χ1n) is 7.86. The molecule has 0 aromatic heterocycles. The Kier molecular flexibility index (Phi) is 5.95.